The fourth-order valence-corrected chi connectivity index (χ4v) is 2.57. The lowest BCUT2D eigenvalue weighted by molar-refractivity contribution is 0.0949. The van der Waals surface area contributed by atoms with Crippen LogP contribution in [0.1, 0.15) is 46.9 Å². The third kappa shape index (κ3) is 4.36. The number of aromatic nitrogens is 3. The number of pyridine rings is 1. The summed E-state index contributed by atoms with van der Waals surface area (Å²) in [7, 11) is 3.85. The summed E-state index contributed by atoms with van der Waals surface area (Å²) in [4.78, 5) is 29.5. The van der Waals surface area contributed by atoms with Gasteiger partial charge in [0.05, 0.1) is 5.69 Å². The van der Waals surface area contributed by atoms with Crippen molar-refractivity contribution in [2.24, 2.45) is 7.05 Å². The lowest BCUT2D eigenvalue weighted by atomic mass is 10.2. The molecule has 7 heteroatoms. The molecule has 0 unspecified atom stereocenters. The van der Waals surface area contributed by atoms with E-state index in [1.807, 2.05) is 27.9 Å². The highest BCUT2D eigenvalue weighted by Crippen LogP contribution is 2.11. The number of rotatable bonds is 6. The van der Waals surface area contributed by atoms with Gasteiger partial charge in [-0.05, 0) is 46.9 Å². The minimum absolute atomic E-state index is 0.121. The molecule has 0 spiro atoms. The predicted octanol–water partition coefficient (Wildman–Crippen LogP) is 1.50. The monoisotopic (exact) mass is 345 g/mol. The molecule has 2 rings (SSSR count). The maximum absolute atomic E-state index is 12.3. The standard InChI is InChI=1S/C18H27N5O2/c1-11(2)22(5)10-14-7-8-15(18(25)20-14)17(24)19-9-16-12(3)21-23(6)13(16)4/h7-8,11H,9-10H2,1-6H3,(H,19,24)(H,20,25). The zero-order valence-electron chi connectivity index (χ0n) is 15.8. The highest BCUT2D eigenvalue weighted by molar-refractivity contribution is 5.93. The van der Waals surface area contributed by atoms with Gasteiger partial charge in [0.2, 0.25) is 0 Å². The SMILES string of the molecule is Cc1nn(C)c(C)c1CNC(=O)c1ccc(CN(C)C(C)C)[nH]c1=O. The normalized spacial score (nSPS) is 11.4. The second-order valence-electron chi connectivity index (χ2n) is 6.69. The average Bonchev–Trinajstić information content (AvgIpc) is 2.77. The molecule has 136 valence electrons. The van der Waals surface area contributed by atoms with Gasteiger partial charge in [-0.15, -0.1) is 0 Å². The van der Waals surface area contributed by atoms with Crippen molar-refractivity contribution in [3.05, 3.63) is 50.7 Å². The summed E-state index contributed by atoms with van der Waals surface area (Å²) in [5.74, 6) is -0.382. The minimum atomic E-state index is -0.382. The van der Waals surface area contributed by atoms with Crippen molar-refractivity contribution in [2.75, 3.05) is 7.05 Å². The molecule has 0 aliphatic carbocycles. The Hall–Kier alpha value is -2.41. The molecule has 0 saturated heterocycles. The Morgan fingerprint density at radius 2 is 2.04 bits per heavy atom. The van der Waals surface area contributed by atoms with Crippen LogP contribution in [0.2, 0.25) is 0 Å². The van der Waals surface area contributed by atoms with Crippen LogP contribution in [-0.2, 0) is 20.1 Å². The van der Waals surface area contributed by atoms with E-state index in [1.165, 1.54) is 0 Å². The maximum Gasteiger partial charge on any atom is 0.261 e. The van der Waals surface area contributed by atoms with Gasteiger partial charge < -0.3 is 10.3 Å². The molecule has 0 aliphatic heterocycles. The van der Waals surface area contributed by atoms with Crippen LogP contribution in [0.4, 0.5) is 0 Å². The van der Waals surface area contributed by atoms with Crippen molar-refractivity contribution >= 4 is 5.91 Å². The summed E-state index contributed by atoms with van der Waals surface area (Å²) in [5.41, 5.74) is 3.39. The molecular formula is C18H27N5O2. The average molecular weight is 345 g/mol. The number of H-pyrrole nitrogens is 1. The number of amides is 1. The van der Waals surface area contributed by atoms with Crippen LogP contribution in [0.3, 0.4) is 0 Å². The van der Waals surface area contributed by atoms with Gasteiger partial charge in [-0.1, -0.05) is 0 Å². The first-order valence-corrected chi connectivity index (χ1v) is 8.40. The molecule has 1 amide bonds. The fraction of sp³-hybridized carbons (Fsp3) is 0.500. The van der Waals surface area contributed by atoms with E-state index in [2.05, 4.69) is 34.1 Å². The molecule has 2 N–H and O–H groups in total. The lowest BCUT2D eigenvalue weighted by Gasteiger charge is -2.20. The van der Waals surface area contributed by atoms with E-state index in [0.29, 0.717) is 19.1 Å². The van der Waals surface area contributed by atoms with Crippen LogP contribution >= 0.6 is 0 Å². The van der Waals surface area contributed by atoms with E-state index in [1.54, 1.807) is 16.8 Å². The Balaban J connectivity index is 2.08. The van der Waals surface area contributed by atoms with Crippen molar-refractivity contribution < 1.29 is 4.79 Å². The van der Waals surface area contributed by atoms with Crippen molar-refractivity contribution in [3.63, 3.8) is 0 Å². The molecule has 0 atom stereocenters. The maximum atomic E-state index is 12.3. The first kappa shape index (κ1) is 18.9. The molecule has 0 bridgehead atoms. The molecule has 2 aromatic rings. The van der Waals surface area contributed by atoms with Gasteiger partial charge >= 0.3 is 0 Å². The molecule has 0 aromatic carbocycles. The number of nitrogens with one attached hydrogen (secondary N) is 2. The number of carbonyl (C=O) groups excluding carboxylic acids is 1. The van der Waals surface area contributed by atoms with E-state index in [9.17, 15) is 9.59 Å². The van der Waals surface area contributed by atoms with Crippen molar-refractivity contribution in [2.45, 2.75) is 46.8 Å². The Labute approximate surface area is 148 Å². The van der Waals surface area contributed by atoms with Gasteiger partial charge in [-0.25, -0.2) is 0 Å². The van der Waals surface area contributed by atoms with Gasteiger partial charge in [0.15, 0.2) is 0 Å². The molecule has 0 fully saturated rings. The highest BCUT2D eigenvalue weighted by atomic mass is 16.2. The number of aryl methyl sites for hydroxylation is 2. The smallest absolute Gasteiger partial charge is 0.261 e. The fourth-order valence-electron chi connectivity index (χ4n) is 2.57. The summed E-state index contributed by atoms with van der Waals surface area (Å²) in [5, 5.41) is 7.13. The molecule has 2 aromatic heterocycles. The van der Waals surface area contributed by atoms with Gasteiger partial charge in [-0.2, -0.15) is 5.10 Å². The molecule has 0 radical (unpaired) electrons. The van der Waals surface area contributed by atoms with Crippen molar-refractivity contribution in [3.8, 4) is 0 Å². The van der Waals surface area contributed by atoms with Gasteiger partial charge in [0.25, 0.3) is 11.5 Å². The molecule has 0 aliphatic rings. The molecule has 7 nitrogen and oxygen atoms in total. The Kier molecular flexibility index (Phi) is 5.79. The number of aromatic amines is 1. The van der Waals surface area contributed by atoms with E-state index < -0.39 is 0 Å². The van der Waals surface area contributed by atoms with Crippen molar-refractivity contribution in [1.29, 1.82) is 0 Å². The van der Waals surface area contributed by atoms with Crippen molar-refractivity contribution in [1.82, 2.24) is 25.0 Å². The first-order chi connectivity index (χ1) is 11.7. The third-order valence-corrected chi connectivity index (χ3v) is 4.60. The van der Waals surface area contributed by atoms with Crippen LogP contribution in [0.15, 0.2) is 16.9 Å². The van der Waals surface area contributed by atoms with Crippen LogP contribution in [-0.4, -0.2) is 38.7 Å². The van der Waals surface area contributed by atoms with Gasteiger partial charge in [0.1, 0.15) is 5.56 Å². The summed E-state index contributed by atoms with van der Waals surface area (Å²) < 4.78 is 1.78. The first-order valence-electron chi connectivity index (χ1n) is 8.40. The Morgan fingerprint density at radius 3 is 2.56 bits per heavy atom. The van der Waals surface area contributed by atoms with Crippen LogP contribution in [0, 0.1) is 13.8 Å². The predicted molar refractivity (Wildman–Crippen MR) is 97.5 cm³/mol. The topological polar surface area (TPSA) is 83.0 Å². The summed E-state index contributed by atoms with van der Waals surface area (Å²) >= 11 is 0. The highest BCUT2D eigenvalue weighted by Gasteiger charge is 2.14. The van der Waals surface area contributed by atoms with E-state index in [4.69, 9.17) is 0 Å². The molecule has 2 heterocycles. The quantitative estimate of drug-likeness (QED) is 0.831. The van der Waals surface area contributed by atoms with E-state index in [-0.39, 0.29) is 17.0 Å². The molecular weight excluding hydrogens is 318 g/mol. The zero-order valence-corrected chi connectivity index (χ0v) is 15.8. The van der Waals surface area contributed by atoms with Crippen LogP contribution in [0.25, 0.3) is 0 Å². The van der Waals surface area contributed by atoms with Gasteiger partial charge in [-0.3, -0.25) is 19.2 Å². The number of hydrogen-bond donors (Lipinski definition) is 2. The second kappa shape index (κ2) is 7.65. The summed E-state index contributed by atoms with van der Waals surface area (Å²) in [6, 6.07) is 3.74. The number of hydrogen-bond acceptors (Lipinski definition) is 4. The Bertz CT molecular complexity index is 819. The zero-order chi connectivity index (χ0) is 18.7. The largest absolute Gasteiger partial charge is 0.348 e. The molecule has 25 heavy (non-hydrogen) atoms. The van der Waals surface area contributed by atoms with Gasteiger partial charge in [0, 0.05) is 43.1 Å². The van der Waals surface area contributed by atoms with Crippen LogP contribution in [0.5, 0.6) is 0 Å². The minimum Gasteiger partial charge on any atom is -0.348 e. The lowest BCUT2D eigenvalue weighted by Crippen LogP contribution is -2.31. The Morgan fingerprint density at radius 1 is 1.36 bits per heavy atom. The summed E-state index contributed by atoms with van der Waals surface area (Å²) in [6.07, 6.45) is 0. The van der Waals surface area contributed by atoms with E-state index in [0.717, 1.165) is 22.6 Å². The molecule has 0 saturated carbocycles. The second-order valence-corrected chi connectivity index (χ2v) is 6.69. The third-order valence-electron chi connectivity index (χ3n) is 4.60. The summed E-state index contributed by atoms with van der Waals surface area (Å²) in [6.45, 7) is 9.00. The van der Waals surface area contributed by atoms with Crippen LogP contribution < -0.4 is 10.9 Å². The van der Waals surface area contributed by atoms with E-state index >= 15 is 0 Å². The number of carbonyl (C=O) groups is 1. The number of nitrogens with zero attached hydrogens (tertiary/aromatic N) is 3.